The molecule has 0 saturated carbocycles. The monoisotopic (exact) mass is 347 g/mol. The molecule has 0 aromatic heterocycles. The van der Waals surface area contributed by atoms with E-state index in [0.717, 1.165) is 15.7 Å². The number of anilines is 1. The van der Waals surface area contributed by atoms with Gasteiger partial charge in [0.2, 0.25) is 0 Å². The van der Waals surface area contributed by atoms with Crippen LogP contribution in [0.15, 0.2) is 24.3 Å². The summed E-state index contributed by atoms with van der Waals surface area (Å²) < 4.78 is 17.4. The molecule has 0 aliphatic heterocycles. The lowest BCUT2D eigenvalue weighted by Gasteiger charge is -2.02. The first kappa shape index (κ1) is 20.8. The molecule has 0 aliphatic rings. The van der Waals surface area contributed by atoms with E-state index < -0.39 is 16.5 Å². The van der Waals surface area contributed by atoms with Gasteiger partial charge in [-0.1, -0.05) is 23.8 Å². The van der Waals surface area contributed by atoms with Crippen LogP contribution in [0.5, 0.6) is 0 Å². The number of benzene rings is 1. The van der Waals surface area contributed by atoms with Gasteiger partial charge in [-0.25, -0.2) is 0 Å². The molecule has 1 rings (SSSR count). The highest BCUT2D eigenvalue weighted by Crippen LogP contribution is 2.13. The predicted octanol–water partition coefficient (Wildman–Crippen LogP) is 2.36. The molecule has 0 fully saturated rings. The van der Waals surface area contributed by atoms with Crippen molar-refractivity contribution in [2.45, 2.75) is 6.92 Å². The van der Waals surface area contributed by atoms with E-state index in [0.29, 0.717) is 0 Å². The van der Waals surface area contributed by atoms with Crippen molar-refractivity contribution in [2.75, 3.05) is 5.32 Å². The zero-order chi connectivity index (χ0) is 15.4. The first-order valence-corrected chi connectivity index (χ1v) is 7.50. The zero-order valence-electron chi connectivity index (χ0n) is 9.60. The smallest absolute Gasteiger partial charge is 0.350 e. The molecule has 1 aromatic carbocycles. The molecule has 1 aromatic rings. The van der Waals surface area contributed by atoms with E-state index in [1.54, 1.807) is 0 Å². The molecular formula is C8H12ClNO6P2S+2. The molecule has 0 heterocycles. The Hall–Kier alpha value is -0.560. The Morgan fingerprint density at radius 2 is 1.42 bits per heavy atom. The molecule has 0 spiro atoms. The molecule has 0 bridgehead atoms. The maximum Gasteiger partial charge on any atom is 0.692 e. The Balaban J connectivity index is 0. The summed E-state index contributed by atoms with van der Waals surface area (Å²) in [6.07, 6.45) is 0. The van der Waals surface area contributed by atoms with Crippen LogP contribution in [0.4, 0.5) is 5.69 Å². The van der Waals surface area contributed by atoms with Gasteiger partial charge in [-0.3, -0.25) is 0 Å². The van der Waals surface area contributed by atoms with Crippen LogP contribution in [-0.4, -0.2) is 24.6 Å². The highest BCUT2D eigenvalue weighted by Gasteiger charge is 1.93. The predicted molar refractivity (Wildman–Crippen MR) is 77.4 cm³/mol. The minimum Gasteiger partial charge on any atom is -0.350 e. The van der Waals surface area contributed by atoms with E-state index in [1.165, 1.54) is 0 Å². The maximum atomic E-state index is 8.70. The molecule has 5 N–H and O–H groups in total. The molecule has 11 heteroatoms. The van der Waals surface area contributed by atoms with Gasteiger partial charge in [0.05, 0.1) is 4.99 Å². The van der Waals surface area contributed by atoms with Crippen LogP contribution in [0.25, 0.3) is 0 Å². The third-order valence-electron chi connectivity index (χ3n) is 1.16. The van der Waals surface area contributed by atoms with Crippen LogP contribution in [0.3, 0.4) is 0 Å². The van der Waals surface area contributed by atoms with Gasteiger partial charge in [0, 0.05) is 19.8 Å². The summed E-state index contributed by atoms with van der Waals surface area (Å²) in [6.45, 7) is 1.84. The quantitative estimate of drug-likeness (QED) is 0.387. The van der Waals surface area contributed by atoms with E-state index in [1.807, 2.05) is 31.2 Å². The first-order valence-electron chi connectivity index (χ1n) is 4.38. The Morgan fingerprint density at radius 1 is 1.11 bits per heavy atom. The van der Waals surface area contributed by atoms with E-state index >= 15 is 0 Å². The van der Waals surface area contributed by atoms with Crippen molar-refractivity contribution in [3.63, 3.8) is 0 Å². The molecule has 0 atom stereocenters. The topological polar surface area (TPSA) is 127 Å². The minimum atomic E-state index is -2.87. The second-order valence-electron chi connectivity index (χ2n) is 2.69. The lowest BCUT2D eigenvalue weighted by molar-refractivity contribution is 0.403. The molecule has 0 saturated heterocycles. The molecule has 0 aliphatic carbocycles. The SMILES string of the molecule is CC(=S)Nc1ccc(Cl)cc1.O=[P+](O)O.O=[P+](O)O. The van der Waals surface area contributed by atoms with E-state index in [9.17, 15) is 0 Å². The summed E-state index contributed by atoms with van der Waals surface area (Å²) >= 11 is 10.6. The van der Waals surface area contributed by atoms with Gasteiger partial charge in [0.15, 0.2) is 0 Å². The third-order valence-corrected chi connectivity index (χ3v) is 1.52. The second-order valence-corrected chi connectivity index (χ2v) is 4.75. The molecule has 19 heavy (non-hydrogen) atoms. The van der Waals surface area contributed by atoms with Gasteiger partial charge < -0.3 is 5.32 Å². The largest absolute Gasteiger partial charge is 0.692 e. The summed E-state index contributed by atoms with van der Waals surface area (Å²) in [4.78, 5) is 29.2. The molecule has 7 nitrogen and oxygen atoms in total. The fourth-order valence-corrected chi connectivity index (χ4v) is 0.980. The number of thiocarbonyl (C=S) groups is 1. The van der Waals surface area contributed by atoms with Crippen LogP contribution in [-0.2, 0) is 9.13 Å². The summed E-state index contributed by atoms with van der Waals surface area (Å²) in [7, 11) is -5.74. The number of hydrogen-bond acceptors (Lipinski definition) is 3. The lowest BCUT2D eigenvalue weighted by Crippen LogP contribution is -2.02. The van der Waals surface area contributed by atoms with Crippen LogP contribution in [0.1, 0.15) is 6.92 Å². The van der Waals surface area contributed by atoms with Gasteiger partial charge in [-0.05, 0) is 31.2 Å². The fourth-order valence-electron chi connectivity index (χ4n) is 0.736. The Labute approximate surface area is 121 Å². The Bertz CT molecular complexity index is 410. The summed E-state index contributed by atoms with van der Waals surface area (Å²) in [5.41, 5.74) is 0.974. The van der Waals surface area contributed by atoms with Crippen molar-refractivity contribution in [3.8, 4) is 0 Å². The highest BCUT2D eigenvalue weighted by molar-refractivity contribution is 7.80. The molecule has 106 valence electrons. The van der Waals surface area contributed by atoms with E-state index in [2.05, 4.69) is 5.32 Å². The number of halogens is 1. The van der Waals surface area contributed by atoms with E-state index in [4.69, 9.17) is 52.5 Å². The highest BCUT2D eigenvalue weighted by atomic mass is 35.5. The second kappa shape index (κ2) is 12.5. The molecule has 0 radical (unpaired) electrons. The van der Waals surface area contributed by atoms with Gasteiger partial charge >= 0.3 is 16.5 Å². The Kier molecular flexibility index (Phi) is 13.6. The maximum absolute atomic E-state index is 8.70. The van der Waals surface area contributed by atoms with Gasteiger partial charge in [-0.2, -0.15) is 0 Å². The minimum absolute atomic E-state index is 0.734. The van der Waals surface area contributed by atoms with Crippen LogP contribution in [0.2, 0.25) is 5.02 Å². The standard InChI is InChI=1S/C8H8ClNS.2HO3P/c1-6(11)10-8-4-2-7(9)3-5-8;2*1-4(2)3/h2-5H,1H3,(H,10,11);2*(H-,1,2,3)/p+2. The van der Waals surface area contributed by atoms with Crippen molar-refractivity contribution in [1.82, 2.24) is 0 Å². The van der Waals surface area contributed by atoms with Crippen LogP contribution in [0, 0.1) is 0 Å². The first-order chi connectivity index (χ1) is 8.65. The molecule has 0 amide bonds. The van der Waals surface area contributed by atoms with Crippen molar-refractivity contribution >= 4 is 51.0 Å². The van der Waals surface area contributed by atoms with E-state index in [-0.39, 0.29) is 0 Å². The van der Waals surface area contributed by atoms with Crippen molar-refractivity contribution in [3.05, 3.63) is 29.3 Å². The number of hydrogen-bond donors (Lipinski definition) is 5. The lowest BCUT2D eigenvalue weighted by atomic mass is 10.3. The van der Waals surface area contributed by atoms with Gasteiger partial charge in [0.25, 0.3) is 0 Å². The fraction of sp³-hybridized carbons (Fsp3) is 0.125. The normalized spacial score (nSPS) is 8.11. The number of rotatable bonds is 1. The average Bonchev–Trinajstić information content (AvgIpc) is 2.19. The van der Waals surface area contributed by atoms with Gasteiger partial charge in [-0.15, -0.1) is 19.6 Å². The van der Waals surface area contributed by atoms with Crippen LogP contribution < -0.4 is 5.32 Å². The number of nitrogens with one attached hydrogen (secondary N) is 1. The van der Waals surface area contributed by atoms with Crippen molar-refractivity contribution in [2.24, 2.45) is 0 Å². The van der Waals surface area contributed by atoms with Gasteiger partial charge in [0.1, 0.15) is 0 Å². The third kappa shape index (κ3) is 23.0. The molecular weight excluding hydrogens is 336 g/mol. The zero-order valence-corrected chi connectivity index (χ0v) is 13.0. The van der Waals surface area contributed by atoms with Crippen molar-refractivity contribution in [1.29, 1.82) is 0 Å². The average molecular weight is 348 g/mol. The summed E-state index contributed by atoms with van der Waals surface area (Å²) in [6, 6.07) is 7.42. The summed E-state index contributed by atoms with van der Waals surface area (Å²) in [5.74, 6) is 0. The molecule has 0 unspecified atom stereocenters. The van der Waals surface area contributed by atoms with Crippen LogP contribution >= 0.6 is 40.3 Å². The van der Waals surface area contributed by atoms with Crippen molar-refractivity contribution < 1.29 is 28.7 Å². The summed E-state index contributed by atoms with van der Waals surface area (Å²) in [5, 5.41) is 3.74. The Morgan fingerprint density at radius 3 is 1.68 bits per heavy atom.